The van der Waals surface area contributed by atoms with Crippen molar-refractivity contribution < 1.29 is 4.79 Å². The van der Waals surface area contributed by atoms with Crippen LogP contribution >= 0.6 is 0 Å². The van der Waals surface area contributed by atoms with Gasteiger partial charge in [-0.05, 0) is 43.4 Å². The van der Waals surface area contributed by atoms with E-state index in [0.717, 1.165) is 44.6 Å². The lowest BCUT2D eigenvalue weighted by atomic mass is 9.65. The summed E-state index contributed by atoms with van der Waals surface area (Å²) in [5.41, 5.74) is 0.00269. The van der Waals surface area contributed by atoms with Gasteiger partial charge in [0.1, 0.15) is 5.54 Å². The Morgan fingerprint density at radius 1 is 1.30 bits per heavy atom. The molecule has 2 fully saturated rings. The quantitative estimate of drug-likeness (QED) is 0.831. The predicted octanol–water partition coefficient (Wildman–Crippen LogP) is 2.84. The summed E-state index contributed by atoms with van der Waals surface area (Å²) in [6.45, 7) is 9.83. The number of amides is 1. The first-order valence-corrected chi connectivity index (χ1v) is 8.07. The smallest absolute Gasteiger partial charge is 0.252 e. The second kappa shape index (κ2) is 5.74. The summed E-state index contributed by atoms with van der Waals surface area (Å²) in [7, 11) is 0. The first-order valence-electron chi connectivity index (χ1n) is 8.07. The molecule has 0 bridgehead atoms. The van der Waals surface area contributed by atoms with E-state index >= 15 is 0 Å². The number of nitrogens with one attached hydrogen (secondary N) is 2. The van der Waals surface area contributed by atoms with E-state index < -0.39 is 0 Å². The number of nitrogens with zero attached hydrogens (tertiary/aromatic N) is 1. The van der Waals surface area contributed by atoms with Crippen molar-refractivity contribution in [3.63, 3.8) is 0 Å². The molecule has 20 heavy (non-hydrogen) atoms. The average Bonchev–Trinajstić information content (AvgIpc) is 2.73. The normalized spacial score (nSPS) is 32.5. The Labute approximate surface area is 122 Å². The summed E-state index contributed by atoms with van der Waals surface area (Å²) in [6, 6.07) is 0. The lowest BCUT2D eigenvalue weighted by Crippen LogP contribution is -2.50. The van der Waals surface area contributed by atoms with Crippen LogP contribution in [0.5, 0.6) is 0 Å². The Bertz CT molecular complexity index is 393. The molecule has 0 aromatic heterocycles. The highest BCUT2D eigenvalue weighted by molar-refractivity contribution is 6.09. The molecule has 1 spiro atoms. The van der Waals surface area contributed by atoms with E-state index in [9.17, 15) is 4.79 Å². The second-order valence-corrected chi connectivity index (χ2v) is 7.01. The molecule has 0 atom stereocenters. The summed E-state index contributed by atoms with van der Waals surface area (Å²) in [5, 5.41) is 6.29. The highest BCUT2D eigenvalue weighted by Gasteiger charge is 2.48. The first kappa shape index (κ1) is 15.3. The van der Waals surface area contributed by atoms with Crippen molar-refractivity contribution in [3.8, 4) is 0 Å². The van der Waals surface area contributed by atoms with Gasteiger partial charge in [0.25, 0.3) is 5.91 Å². The molecular weight excluding hydrogens is 250 g/mol. The molecule has 2 rings (SSSR count). The van der Waals surface area contributed by atoms with Crippen LogP contribution in [0.25, 0.3) is 0 Å². The van der Waals surface area contributed by atoms with Crippen molar-refractivity contribution in [2.24, 2.45) is 16.3 Å². The van der Waals surface area contributed by atoms with Gasteiger partial charge in [0.15, 0.2) is 5.96 Å². The number of hydrogen-bond acceptors (Lipinski definition) is 2. The van der Waals surface area contributed by atoms with Gasteiger partial charge < -0.3 is 5.32 Å². The molecular formula is C16H29N3O. The Hall–Kier alpha value is -1.06. The van der Waals surface area contributed by atoms with Crippen molar-refractivity contribution in [2.75, 3.05) is 6.54 Å². The van der Waals surface area contributed by atoms with Crippen LogP contribution in [0.4, 0.5) is 0 Å². The van der Waals surface area contributed by atoms with Crippen molar-refractivity contribution >= 4 is 11.9 Å². The number of hydrogen-bond donors (Lipinski definition) is 2. The minimum Gasteiger partial charge on any atom is -0.342 e. The monoisotopic (exact) mass is 279 g/mol. The van der Waals surface area contributed by atoms with Crippen LogP contribution in [0, 0.1) is 11.3 Å². The minimum absolute atomic E-state index is 0.125. The standard InChI is InChI=1S/C16H29N3O/c1-5-11-17-14-18-13(20)16(19-14)9-7-12(8-10-16)15(3,4)6-2/h12H,5-11H2,1-4H3,(H2,17,18,19,20). The van der Waals surface area contributed by atoms with Gasteiger partial charge in [0.2, 0.25) is 0 Å². The van der Waals surface area contributed by atoms with Crippen molar-refractivity contribution in [1.29, 1.82) is 0 Å². The van der Waals surface area contributed by atoms with E-state index in [0.29, 0.717) is 11.4 Å². The van der Waals surface area contributed by atoms with Gasteiger partial charge in [0.05, 0.1) is 0 Å². The van der Waals surface area contributed by atoms with Crippen LogP contribution in [-0.4, -0.2) is 24.0 Å². The van der Waals surface area contributed by atoms with Crippen LogP contribution in [0.1, 0.15) is 66.2 Å². The molecule has 1 heterocycles. The van der Waals surface area contributed by atoms with E-state index in [1.54, 1.807) is 0 Å². The number of aliphatic imine (C=N–C) groups is 1. The maximum Gasteiger partial charge on any atom is 0.252 e. The molecule has 1 saturated carbocycles. The van der Waals surface area contributed by atoms with Gasteiger partial charge >= 0.3 is 0 Å². The van der Waals surface area contributed by atoms with Gasteiger partial charge in [-0.15, -0.1) is 0 Å². The Kier molecular flexibility index (Phi) is 4.40. The summed E-state index contributed by atoms with van der Waals surface area (Å²) in [5.74, 6) is 1.54. The largest absolute Gasteiger partial charge is 0.342 e. The van der Waals surface area contributed by atoms with Gasteiger partial charge in [-0.25, -0.2) is 0 Å². The lowest BCUT2D eigenvalue weighted by Gasteiger charge is -2.42. The molecule has 4 nitrogen and oxygen atoms in total. The topological polar surface area (TPSA) is 53.5 Å². The molecule has 1 aliphatic carbocycles. The number of rotatable bonds is 4. The third kappa shape index (κ3) is 2.84. The van der Waals surface area contributed by atoms with Crippen LogP contribution in [0.15, 0.2) is 4.99 Å². The molecule has 0 radical (unpaired) electrons. The Morgan fingerprint density at radius 3 is 2.50 bits per heavy atom. The summed E-state index contributed by atoms with van der Waals surface area (Å²) in [4.78, 5) is 16.7. The van der Waals surface area contributed by atoms with Gasteiger partial charge in [-0.2, -0.15) is 0 Å². The van der Waals surface area contributed by atoms with E-state index in [2.05, 4.69) is 43.3 Å². The van der Waals surface area contributed by atoms with E-state index in [1.807, 2.05) is 0 Å². The fourth-order valence-corrected chi connectivity index (χ4v) is 3.38. The molecule has 0 unspecified atom stereocenters. The molecule has 2 aliphatic rings. The van der Waals surface area contributed by atoms with E-state index in [4.69, 9.17) is 0 Å². The zero-order valence-corrected chi connectivity index (χ0v) is 13.4. The van der Waals surface area contributed by atoms with Crippen LogP contribution in [0.3, 0.4) is 0 Å². The highest BCUT2D eigenvalue weighted by Crippen LogP contribution is 2.44. The van der Waals surface area contributed by atoms with Crippen LogP contribution < -0.4 is 10.6 Å². The van der Waals surface area contributed by atoms with E-state index in [1.165, 1.54) is 6.42 Å². The number of guanidine groups is 1. The minimum atomic E-state index is -0.382. The SMILES string of the molecule is CCCN=C1NC(=O)C2(CCC(C(C)(C)CC)CC2)N1. The maximum absolute atomic E-state index is 12.3. The van der Waals surface area contributed by atoms with E-state index in [-0.39, 0.29) is 11.4 Å². The molecule has 1 saturated heterocycles. The summed E-state index contributed by atoms with van der Waals surface area (Å²) >= 11 is 0. The third-order valence-electron chi connectivity index (χ3n) is 5.37. The third-order valence-corrected chi connectivity index (χ3v) is 5.37. The van der Waals surface area contributed by atoms with Crippen molar-refractivity contribution in [2.45, 2.75) is 71.8 Å². The fourth-order valence-electron chi connectivity index (χ4n) is 3.38. The molecule has 0 aromatic carbocycles. The highest BCUT2D eigenvalue weighted by atomic mass is 16.2. The zero-order chi connectivity index (χ0) is 14.8. The van der Waals surface area contributed by atoms with Gasteiger partial charge in [-0.1, -0.05) is 34.1 Å². The van der Waals surface area contributed by atoms with Crippen LogP contribution in [0.2, 0.25) is 0 Å². The molecule has 0 aromatic rings. The molecule has 4 heteroatoms. The predicted molar refractivity (Wildman–Crippen MR) is 82.6 cm³/mol. The number of carbonyl (C=O) groups is 1. The average molecular weight is 279 g/mol. The molecule has 2 N–H and O–H groups in total. The Balaban J connectivity index is 2.00. The first-order chi connectivity index (χ1) is 9.43. The Morgan fingerprint density at radius 2 is 1.95 bits per heavy atom. The molecule has 1 amide bonds. The van der Waals surface area contributed by atoms with Crippen LogP contribution in [-0.2, 0) is 4.79 Å². The van der Waals surface area contributed by atoms with Crippen molar-refractivity contribution in [3.05, 3.63) is 0 Å². The lowest BCUT2D eigenvalue weighted by molar-refractivity contribution is -0.125. The fraction of sp³-hybridized carbons (Fsp3) is 0.875. The molecule has 1 aliphatic heterocycles. The van der Waals surface area contributed by atoms with Gasteiger partial charge in [-0.3, -0.25) is 15.1 Å². The number of carbonyl (C=O) groups excluding carboxylic acids is 1. The van der Waals surface area contributed by atoms with Crippen molar-refractivity contribution in [1.82, 2.24) is 10.6 Å². The maximum atomic E-state index is 12.3. The summed E-state index contributed by atoms with van der Waals surface area (Å²) in [6.07, 6.45) is 6.31. The van der Waals surface area contributed by atoms with Gasteiger partial charge in [0, 0.05) is 6.54 Å². The zero-order valence-electron chi connectivity index (χ0n) is 13.4. The second-order valence-electron chi connectivity index (χ2n) is 7.01. The molecule has 114 valence electrons. The summed E-state index contributed by atoms with van der Waals surface area (Å²) < 4.78 is 0.